The van der Waals surface area contributed by atoms with Gasteiger partial charge in [0.1, 0.15) is 5.82 Å². The molecule has 0 radical (unpaired) electrons. The van der Waals surface area contributed by atoms with Crippen molar-refractivity contribution in [3.8, 4) is 6.07 Å². The average Bonchev–Trinajstić information content (AvgIpc) is 2.73. The second-order valence-corrected chi connectivity index (χ2v) is 8.50. The zero-order chi connectivity index (χ0) is 21.7. The number of rotatable bonds is 7. The number of fused-ring (bicyclic) bond motifs is 1. The molecule has 0 unspecified atom stereocenters. The Kier molecular flexibility index (Phi) is 6.40. The molecule has 0 saturated carbocycles. The molecule has 1 amide bonds. The Labute approximate surface area is 175 Å². The molecular formula is C21H21N5O3S. The van der Waals surface area contributed by atoms with Gasteiger partial charge in [0.2, 0.25) is 10.0 Å². The summed E-state index contributed by atoms with van der Waals surface area (Å²) in [6, 6.07) is 15.2. The number of sulfonamides is 1. The minimum absolute atomic E-state index is 0.0351. The van der Waals surface area contributed by atoms with E-state index in [1.807, 2.05) is 37.3 Å². The molecule has 1 aromatic heterocycles. The van der Waals surface area contributed by atoms with Crippen LogP contribution in [0.1, 0.15) is 28.3 Å². The zero-order valence-electron chi connectivity index (χ0n) is 16.7. The third kappa shape index (κ3) is 4.79. The van der Waals surface area contributed by atoms with E-state index in [-0.39, 0.29) is 30.3 Å². The largest absolute Gasteiger partial charge is 0.334 e. The van der Waals surface area contributed by atoms with E-state index in [4.69, 9.17) is 5.26 Å². The number of nitrogens with one attached hydrogen (secondary N) is 1. The van der Waals surface area contributed by atoms with Crippen molar-refractivity contribution in [2.75, 3.05) is 13.6 Å². The number of carbonyl (C=O) groups excluding carboxylic acids is 1. The molecule has 0 aliphatic rings. The first kappa shape index (κ1) is 21.4. The number of aromatic nitrogens is 2. The number of benzene rings is 2. The number of hydrogen-bond donors (Lipinski definition) is 1. The van der Waals surface area contributed by atoms with Gasteiger partial charge < -0.3 is 4.90 Å². The fourth-order valence-electron chi connectivity index (χ4n) is 2.97. The predicted molar refractivity (Wildman–Crippen MR) is 112 cm³/mol. The highest BCUT2D eigenvalue weighted by Gasteiger charge is 2.17. The number of amides is 1. The number of carbonyl (C=O) groups is 1. The van der Waals surface area contributed by atoms with E-state index in [0.29, 0.717) is 11.4 Å². The first-order valence-corrected chi connectivity index (χ1v) is 10.7. The van der Waals surface area contributed by atoms with Crippen LogP contribution in [-0.4, -0.2) is 42.8 Å². The topological polar surface area (TPSA) is 116 Å². The van der Waals surface area contributed by atoms with Crippen molar-refractivity contribution in [2.24, 2.45) is 0 Å². The maximum atomic E-state index is 12.7. The molecule has 2 aromatic carbocycles. The van der Waals surface area contributed by atoms with Crippen LogP contribution < -0.4 is 4.72 Å². The summed E-state index contributed by atoms with van der Waals surface area (Å²) < 4.78 is 26.7. The maximum Gasteiger partial charge on any atom is 0.254 e. The van der Waals surface area contributed by atoms with Gasteiger partial charge in [0.25, 0.3) is 5.91 Å². The predicted octanol–water partition coefficient (Wildman–Crippen LogP) is 2.40. The lowest BCUT2D eigenvalue weighted by molar-refractivity contribution is 0.0781. The Bertz CT molecular complexity index is 1220. The van der Waals surface area contributed by atoms with E-state index >= 15 is 0 Å². The van der Waals surface area contributed by atoms with Gasteiger partial charge in [-0.25, -0.2) is 23.1 Å². The van der Waals surface area contributed by atoms with Gasteiger partial charge >= 0.3 is 0 Å². The Morgan fingerprint density at radius 2 is 1.83 bits per heavy atom. The van der Waals surface area contributed by atoms with Crippen LogP contribution in [0.4, 0.5) is 0 Å². The fourth-order valence-corrected chi connectivity index (χ4v) is 4.00. The van der Waals surface area contributed by atoms with Crippen LogP contribution in [-0.2, 0) is 16.6 Å². The Morgan fingerprint density at radius 1 is 1.13 bits per heavy atom. The molecule has 30 heavy (non-hydrogen) atoms. The van der Waals surface area contributed by atoms with Gasteiger partial charge in [-0.15, -0.1) is 0 Å². The van der Waals surface area contributed by atoms with Crippen molar-refractivity contribution in [1.29, 1.82) is 5.26 Å². The van der Waals surface area contributed by atoms with Crippen LogP contribution in [0, 0.1) is 18.3 Å². The van der Waals surface area contributed by atoms with Gasteiger partial charge in [-0.1, -0.05) is 18.2 Å². The third-order valence-electron chi connectivity index (χ3n) is 4.51. The van der Waals surface area contributed by atoms with E-state index in [1.165, 1.54) is 29.2 Å². The van der Waals surface area contributed by atoms with Gasteiger partial charge in [-0.2, -0.15) is 5.26 Å². The number of aryl methyl sites for hydroxylation is 1. The van der Waals surface area contributed by atoms with Crippen LogP contribution >= 0.6 is 0 Å². The quantitative estimate of drug-likeness (QED) is 0.583. The number of hydrogen-bond acceptors (Lipinski definition) is 6. The summed E-state index contributed by atoms with van der Waals surface area (Å²) in [6.07, 6.45) is 0.0803. The smallest absolute Gasteiger partial charge is 0.254 e. The lowest BCUT2D eigenvalue weighted by Gasteiger charge is -2.17. The summed E-state index contributed by atoms with van der Waals surface area (Å²) in [5.74, 6) is 0.258. The molecule has 8 nitrogen and oxygen atoms in total. The molecule has 9 heteroatoms. The molecule has 1 N–H and O–H groups in total. The minimum Gasteiger partial charge on any atom is -0.334 e. The van der Waals surface area contributed by atoms with Gasteiger partial charge in [-0.3, -0.25) is 4.79 Å². The van der Waals surface area contributed by atoms with Crippen molar-refractivity contribution >= 4 is 26.8 Å². The highest BCUT2D eigenvalue weighted by Crippen LogP contribution is 2.16. The summed E-state index contributed by atoms with van der Waals surface area (Å²) in [5, 5.41) is 9.49. The summed E-state index contributed by atoms with van der Waals surface area (Å²) in [6.45, 7) is 2.16. The molecule has 0 fully saturated rings. The fraction of sp³-hybridized carbons (Fsp3) is 0.238. The van der Waals surface area contributed by atoms with Crippen LogP contribution in [0.3, 0.4) is 0 Å². The molecule has 0 saturated heterocycles. The van der Waals surface area contributed by atoms with Crippen molar-refractivity contribution in [2.45, 2.75) is 24.8 Å². The van der Waals surface area contributed by atoms with Crippen LogP contribution in [0.25, 0.3) is 10.9 Å². The number of para-hydroxylation sites is 1. The van der Waals surface area contributed by atoms with Gasteiger partial charge in [0.15, 0.2) is 0 Å². The zero-order valence-corrected chi connectivity index (χ0v) is 17.5. The second kappa shape index (κ2) is 8.98. The van der Waals surface area contributed by atoms with Gasteiger partial charge in [0, 0.05) is 36.7 Å². The van der Waals surface area contributed by atoms with Crippen molar-refractivity contribution in [3.63, 3.8) is 0 Å². The molecule has 3 aromatic rings. The van der Waals surface area contributed by atoms with Crippen LogP contribution in [0.5, 0.6) is 0 Å². The van der Waals surface area contributed by atoms with E-state index in [0.717, 1.165) is 16.6 Å². The molecule has 0 bridgehead atoms. The summed E-state index contributed by atoms with van der Waals surface area (Å²) in [4.78, 5) is 23.3. The molecule has 0 aliphatic carbocycles. The normalized spacial score (nSPS) is 11.2. The summed E-state index contributed by atoms with van der Waals surface area (Å²) in [7, 11) is -2.07. The first-order valence-electron chi connectivity index (χ1n) is 9.26. The van der Waals surface area contributed by atoms with Crippen LogP contribution in [0.2, 0.25) is 0 Å². The molecule has 1 heterocycles. The molecule has 0 spiro atoms. The lowest BCUT2D eigenvalue weighted by atomic mass is 10.2. The van der Waals surface area contributed by atoms with E-state index in [9.17, 15) is 13.2 Å². The lowest BCUT2D eigenvalue weighted by Crippen LogP contribution is -2.27. The first-order chi connectivity index (χ1) is 14.3. The molecule has 154 valence electrons. The third-order valence-corrected chi connectivity index (χ3v) is 5.98. The molecule has 0 atom stereocenters. The van der Waals surface area contributed by atoms with Crippen LogP contribution in [0.15, 0.2) is 53.4 Å². The molecule has 0 aliphatic heterocycles. The Morgan fingerprint density at radius 3 is 2.53 bits per heavy atom. The second-order valence-electron chi connectivity index (χ2n) is 6.73. The molecule has 3 rings (SSSR count). The summed E-state index contributed by atoms with van der Waals surface area (Å²) >= 11 is 0. The van der Waals surface area contributed by atoms with Crippen molar-refractivity contribution < 1.29 is 13.2 Å². The SMILES string of the molecule is Cc1nc(CN(C)C(=O)c2ccc(S(=O)(=O)NCCC#N)cc2)nc2ccccc12. The van der Waals surface area contributed by atoms with Gasteiger partial charge in [-0.05, 0) is 37.3 Å². The van der Waals surface area contributed by atoms with Crippen molar-refractivity contribution in [1.82, 2.24) is 19.6 Å². The highest BCUT2D eigenvalue weighted by molar-refractivity contribution is 7.89. The highest BCUT2D eigenvalue weighted by atomic mass is 32.2. The minimum atomic E-state index is -3.72. The Balaban J connectivity index is 1.73. The average molecular weight is 423 g/mol. The maximum absolute atomic E-state index is 12.7. The van der Waals surface area contributed by atoms with E-state index < -0.39 is 10.0 Å². The van der Waals surface area contributed by atoms with Gasteiger partial charge in [0.05, 0.1) is 23.0 Å². The van der Waals surface area contributed by atoms with E-state index in [1.54, 1.807) is 7.05 Å². The number of nitriles is 1. The summed E-state index contributed by atoms with van der Waals surface area (Å²) in [5.41, 5.74) is 2.01. The molecular weight excluding hydrogens is 402 g/mol. The monoisotopic (exact) mass is 423 g/mol. The number of nitrogens with zero attached hydrogens (tertiary/aromatic N) is 4. The van der Waals surface area contributed by atoms with E-state index in [2.05, 4.69) is 14.7 Å². The Hall–Kier alpha value is -3.35. The van der Waals surface area contributed by atoms with Crippen molar-refractivity contribution in [3.05, 3.63) is 65.6 Å². The standard InChI is InChI=1S/C21H21N5O3S/c1-15-18-6-3-4-7-19(18)25-20(24-15)14-26(2)21(27)16-8-10-17(11-9-16)30(28,29)23-13-5-12-22/h3-4,6-11,23H,5,13-14H2,1-2H3.